The first-order valence-corrected chi connectivity index (χ1v) is 5.36. The van der Waals surface area contributed by atoms with Crippen LogP contribution in [0.3, 0.4) is 0 Å². The Morgan fingerprint density at radius 1 is 1.64 bits per heavy atom. The van der Waals surface area contributed by atoms with Crippen molar-refractivity contribution < 1.29 is 0 Å². The van der Waals surface area contributed by atoms with E-state index in [1.54, 1.807) is 0 Å². The van der Waals surface area contributed by atoms with E-state index in [4.69, 9.17) is 5.73 Å². The van der Waals surface area contributed by atoms with E-state index < -0.39 is 0 Å². The molecule has 1 aliphatic heterocycles. The zero-order chi connectivity index (χ0) is 9.97. The molecule has 0 amide bonds. The molecular formula is C11H19N3. The van der Waals surface area contributed by atoms with E-state index >= 15 is 0 Å². The van der Waals surface area contributed by atoms with E-state index in [2.05, 4.69) is 35.4 Å². The largest absolute Gasteiger partial charge is 0.357 e. The van der Waals surface area contributed by atoms with Gasteiger partial charge in [0.2, 0.25) is 0 Å². The number of piperidine rings is 1. The van der Waals surface area contributed by atoms with Crippen LogP contribution in [-0.2, 0) is 7.05 Å². The minimum Gasteiger partial charge on any atom is -0.357 e. The van der Waals surface area contributed by atoms with E-state index in [1.807, 2.05) is 0 Å². The van der Waals surface area contributed by atoms with Gasteiger partial charge in [-0.25, -0.2) is 0 Å². The molecule has 0 saturated carbocycles. The summed E-state index contributed by atoms with van der Waals surface area (Å²) in [5.41, 5.74) is 7.17. The Morgan fingerprint density at radius 3 is 3.14 bits per heavy atom. The van der Waals surface area contributed by atoms with Crippen LogP contribution in [0, 0.1) is 5.92 Å². The number of nitrogens with two attached hydrogens (primary N) is 1. The number of rotatable bonds is 2. The molecule has 14 heavy (non-hydrogen) atoms. The molecule has 3 nitrogen and oxygen atoms in total. The molecule has 0 radical (unpaired) electrons. The van der Waals surface area contributed by atoms with Gasteiger partial charge in [-0.05, 0) is 43.5 Å². The molecule has 1 fully saturated rings. The summed E-state index contributed by atoms with van der Waals surface area (Å²) in [7, 11) is 2.06. The van der Waals surface area contributed by atoms with Gasteiger partial charge in [-0.2, -0.15) is 0 Å². The molecule has 1 aliphatic rings. The fourth-order valence-corrected chi connectivity index (χ4v) is 2.31. The maximum absolute atomic E-state index is 5.79. The third kappa shape index (κ3) is 1.83. The molecule has 0 spiro atoms. The van der Waals surface area contributed by atoms with Gasteiger partial charge in [0.1, 0.15) is 0 Å². The molecule has 2 rings (SSSR count). The summed E-state index contributed by atoms with van der Waals surface area (Å²) < 4.78 is 2.10. The van der Waals surface area contributed by atoms with Crippen molar-refractivity contribution in [2.45, 2.75) is 18.9 Å². The van der Waals surface area contributed by atoms with Crippen molar-refractivity contribution in [2.75, 3.05) is 13.1 Å². The third-order valence-electron chi connectivity index (χ3n) is 3.10. The molecular weight excluding hydrogens is 174 g/mol. The van der Waals surface area contributed by atoms with E-state index in [1.165, 1.54) is 18.4 Å². The van der Waals surface area contributed by atoms with Gasteiger partial charge in [0.25, 0.3) is 0 Å². The number of nitrogens with one attached hydrogen (secondary N) is 1. The van der Waals surface area contributed by atoms with Crippen molar-refractivity contribution in [1.29, 1.82) is 0 Å². The van der Waals surface area contributed by atoms with Gasteiger partial charge in [-0.15, -0.1) is 0 Å². The minimum atomic E-state index is 0.468. The van der Waals surface area contributed by atoms with E-state index in [0.717, 1.165) is 13.1 Å². The van der Waals surface area contributed by atoms with Crippen LogP contribution in [0.1, 0.15) is 24.4 Å². The summed E-state index contributed by atoms with van der Waals surface area (Å²) in [4.78, 5) is 0. The lowest BCUT2D eigenvalue weighted by Crippen LogP contribution is -2.37. The molecule has 3 N–H and O–H groups in total. The highest BCUT2D eigenvalue weighted by molar-refractivity contribution is 5.17. The zero-order valence-corrected chi connectivity index (χ0v) is 8.74. The predicted octanol–water partition coefficient (Wildman–Crippen LogP) is 1.02. The van der Waals surface area contributed by atoms with Crippen molar-refractivity contribution in [3.05, 3.63) is 24.0 Å². The fraction of sp³-hybridized carbons (Fsp3) is 0.636. The van der Waals surface area contributed by atoms with Gasteiger partial charge in [-0.3, -0.25) is 0 Å². The van der Waals surface area contributed by atoms with Crippen LogP contribution in [0.4, 0.5) is 0 Å². The Hall–Kier alpha value is -0.800. The second kappa shape index (κ2) is 4.15. The highest BCUT2D eigenvalue weighted by atomic mass is 15.0. The Labute approximate surface area is 85.3 Å². The van der Waals surface area contributed by atoms with Crippen LogP contribution in [0.15, 0.2) is 18.5 Å². The lowest BCUT2D eigenvalue weighted by atomic mass is 9.87. The van der Waals surface area contributed by atoms with Crippen LogP contribution >= 0.6 is 0 Å². The summed E-state index contributed by atoms with van der Waals surface area (Å²) in [6.07, 6.45) is 6.79. The minimum absolute atomic E-state index is 0.468. The summed E-state index contributed by atoms with van der Waals surface area (Å²) in [5.74, 6) is 0.603. The lowest BCUT2D eigenvalue weighted by molar-refractivity contribution is 0.291. The number of hydrogen-bond acceptors (Lipinski definition) is 2. The van der Waals surface area contributed by atoms with Gasteiger partial charge < -0.3 is 15.6 Å². The highest BCUT2D eigenvalue weighted by Crippen LogP contribution is 2.28. The molecule has 2 heterocycles. The summed E-state index contributed by atoms with van der Waals surface area (Å²) in [6, 6.07) is 2.65. The summed E-state index contributed by atoms with van der Waals surface area (Å²) >= 11 is 0. The predicted molar refractivity (Wildman–Crippen MR) is 57.9 cm³/mol. The van der Waals surface area contributed by atoms with Crippen LogP contribution in [-0.4, -0.2) is 17.7 Å². The summed E-state index contributed by atoms with van der Waals surface area (Å²) in [5, 5.41) is 3.56. The number of aryl methyl sites for hydroxylation is 1. The van der Waals surface area contributed by atoms with Crippen molar-refractivity contribution in [3.63, 3.8) is 0 Å². The van der Waals surface area contributed by atoms with Crippen LogP contribution in [0.25, 0.3) is 0 Å². The smallest absolute Gasteiger partial charge is 0.0375 e. The first kappa shape index (κ1) is 9.74. The van der Waals surface area contributed by atoms with Gasteiger partial charge >= 0.3 is 0 Å². The Morgan fingerprint density at radius 2 is 2.50 bits per heavy atom. The topological polar surface area (TPSA) is 43.0 Å². The average molecular weight is 193 g/mol. The Balaban J connectivity index is 2.14. The second-order valence-corrected chi connectivity index (χ2v) is 4.18. The van der Waals surface area contributed by atoms with Crippen molar-refractivity contribution in [2.24, 2.45) is 18.7 Å². The molecule has 78 valence electrons. The van der Waals surface area contributed by atoms with Crippen molar-refractivity contribution >= 4 is 0 Å². The van der Waals surface area contributed by atoms with Gasteiger partial charge in [0.15, 0.2) is 0 Å². The fourth-order valence-electron chi connectivity index (χ4n) is 2.31. The molecule has 0 bridgehead atoms. The lowest BCUT2D eigenvalue weighted by Gasteiger charge is -2.31. The normalized spacial score (nSPS) is 27.9. The molecule has 1 aromatic rings. The first-order chi connectivity index (χ1) is 6.81. The number of nitrogens with zero attached hydrogens (tertiary/aromatic N) is 1. The van der Waals surface area contributed by atoms with Crippen LogP contribution in [0.2, 0.25) is 0 Å². The Kier molecular flexibility index (Phi) is 2.89. The quantitative estimate of drug-likeness (QED) is 0.736. The van der Waals surface area contributed by atoms with E-state index in [9.17, 15) is 0 Å². The maximum Gasteiger partial charge on any atom is 0.0375 e. The molecule has 1 saturated heterocycles. The SMILES string of the molecule is Cn1ccc([C@@H]2NCCC[C@H]2CN)c1. The average Bonchev–Trinajstić information content (AvgIpc) is 2.65. The molecule has 1 aromatic heterocycles. The van der Waals surface area contributed by atoms with Crippen LogP contribution in [0.5, 0.6) is 0 Å². The number of hydrogen-bond donors (Lipinski definition) is 2. The second-order valence-electron chi connectivity index (χ2n) is 4.18. The number of aromatic nitrogens is 1. The first-order valence-electron chi connectivity index (χ1n) is 5.36. The molecule has 0 aliphatic carbocycles. The van der Waals surface area contributed by atoms with Crippen molar-refractivity contribution in [1.82, 2.24) is 9.88 Å². The molecule has 3 heteroatoms. The standard InChI is InChI=1S/C11H19N3/c1-14-6-4-10(8-14)11-9(7-12)3-2-5-13-11/h4,6,8-9,11,13H,2-3,5,7,12H2,1H3/t9-,11+/m0/s1. The molecule has 2 atom stereocenters. The van der Waals surface area contributed by atoms with Gasteiger partial charge in [-0.1, -0.05) is 0 Å². The van der Waals surface area contributed by atoms with Crippen molar-refractivity contribution in [3.8, 4) is 0 Å². The molecule has 0 aromatic carbocycles. The zero-order valence-electron chi connectivity index (χ0n) is 8.74. The van der Waals surface area contributed by atoms with E-state index in [0.29, 0.717) is 12.0 Å². The maximum atomic E-state index is 5.79. The summed E-state index contributed by atoms with van der Waals surface area (Å²) in [6.45, 7) is 1.91. The monoisotopic (exact) mass is 193 g/mol. The van der Waals surface area contributed by atoms with Crippen LogP contribution < -0.4 is 11.1 Å². The van der Waals surface area contributed by atoms with E-state index in [-0.39, 0.29) is 0 Å². The Bertz CT molecular complexity index is 292. The van der Waals surface area contributed by atoms with Gasteiger partial charge in [0, 0.05) is 25.5 Å². The third-order valence-corrected chi connectivity index (χ3v) is 3.10. The molecule has 0 unspecified atom stereocenters. The highest BCUT2D eigenvalue weighted by Gasteiger charge is 2.25. The van der Waals surface area contributed by atoms with Gasteiger partial charge in [0.05, 0.1) is 0 Å².